The highest BCUT2D eigenvalue weighted by Crippen LogP contribution is 2.57. The molecule has 1 aliphatic heterocycles. The summed E-state index contributed by atoms with van der Waals surface area (Å²) in [6.07, 6.45) is 18.3. The molecule has 3 atom stereocenters. The van der Waals surface area contributed by atoms with Crippen molar-refractivity contribution in [3.8, 4) is 0 Å². The Bertz CT molecular complexity index is 798. The van der Waals surface area contributed by atoms with Gasteiger partial charge in [0, 0.05) is 16.6 Å². The molecular formula is C36H72O6Si3. The van der Waals surface area contributed by atoms with Crippen molar-refractivity contribution in [3.05, 3.63) is 0 Å². The Morgan fingerprint density at radius 1 is 0.400 bits per heavy atom. The number of rotatable bonds is 9. The quantitative estimate of drug-likeness (QED) is 0.225. The minimum absolute atomic E-state index is 0.112. The predicted molar refractivity (Wildman–Crippen MR) is 192 cm³/mol. The highest BCUT2D eigenvalue weighted by atomic mass is 28.5. The second kappa shape index (κ2) is 14.7. The molecule has 4 aliphatic rings. The van der Waals surface area contributed by atoms with Crippen LogP contribution < -0.4 is 0 Å². The lowest BCUT2D eigenvalue weighted by Gasteiger charge is -2.63. The molecule has 4 rings (SSSR count). The fourth-order valence-electron chi connectivity index (χ4n) is 9.16. The third-order valence-corrected chi connectivity index (χ3v) is 27.3. The molecule has 0 amide bonds. The van der Waals surface area contributed by atoms with E-state index in [0.29, 0.717) is 16.6 Å². The Balaban J connectivity index is 2.02. The lowest BCUT2D eigenvalue weighted by Crippen LogP contribution is -2.82. The summed E-state index contributed by atoms with van der Waals surface area (Å²) in [4.78, 5) is 0. The normalized spacial score (nSPS) is 34.4. The molecule has 3 aliphatic carbocycles. The Morgan fingerprint density at radius 2 is 0.600 bits per heavy atom. The van der Waals surface area contributed by atoms with Crippen molar-refractivity contribution in [2.75, 3.05) is 0 Å². The van der Waals surface area contributed by atoms with Crippen LogP contribution >= 0.6 is 0 Å². The van der Waals surface area contributed by atoms with Gasteiger partial charge in [-0.15, -0.1) is 0 Å². The van der Waals surface area contributed by atoms with Crippen LogP contribution in [-0.2, 0) is 26.6 Å². The van der Waals surface area contributed by atoms with Crippen LogP contribution in [0.25, 0.3) is 0 Å². The Labute approximate surface area is 281 Å². The van der Waals surface area contributed by atoms with Crippen molar-refractivity contribution >= 4 is 25.7 Å². The molecule has 0 aromatic carbocycles. The molecule has 3 saturated carbocycles. The van der Waals surface area contributed by atoms with Gasteiger partial charge in [0.1, 0.15) is 0 Å². The molecule has 9 heteroatoms. The molecule has 0 aromatic rings. The van der Waals surface area contributed by atoms with E-state index in [0.717, 1.165) is 38.5 Å². The highest BCUT2D eigenvalue weighted by molar-refractivity contribution is 6.97. The molecule has 0 radical (unpaired) electrons. The summed E-state index contributed by atoms with van der Waals surface area (Å²) in [6.45, 7) is 26.7. The second-order valence-electron chi connectivity index (χ2n) is 18.1. The third kappa shape index (κ3) is 9.15. The zero-order valence-electron chi connectivity index (χ0n) is 31.5. The zero-order valence-corrected chi connectivity index (χ0v) is 34.5. The van der Waals surface area contributed by atoms with E-state index < -0.39 is 25.7 Å². The first kappa shape index (κ1) is 38.2. The van der Waals surface area contributed by atoms with Gasteiger partial charge in [0.05, 0.1) is 34.0 Å². The molecule has 0 spiro atoms. The maximum absolute atomic E-state index is 8.14. The smallest absolute Gasteiger partial charge is 0.353 e. The van der Waals surface area contributed by atoms with E-state index in [-0.39, 0.29) is 34.0 Å². The van der Waals surface area contributed by atoms with Crippen LogP contribution in [0.15, 0.2) is 0 Å². The van der Waals surface area contributed by atoms with E-state index >= 15 is 0 Å². The van der Waals surface area contributed by atoms with Gasteiger partial charge in [0.2, 0.25) is 0 Å². The van der Waals surface area contributed by atoms with Crippen molar-refractivity contribution in [1.82, 2.24) is 0 Å². The van der Waals surface area contributed by atoms with Gasteiger partial charge in [0.25, 0.3) is 0 Å². The molecule has 0 aromatic heterocycles. The average Bonchev–Trinajstić information content (AvgIpc) is 2.95. The van der Waals surface area contributed by atoms with Crippen LogP contribution in [0.3, 0.4) is 0 Å². The molecule has 0 N–H and O–H groups in total. The predicted octanol–water partition coefficient (Wildman–Crippen LogP) is 10.6. The van der Waals surface area contributed by atoms with Gasteiger partial charge in [-0.05, 0) is 122 Å². The van der Waals surface area contributed by atoms with Crippen molar-refractivity contribution in [2.24, 2.45) is 0 Å². The topological polar surface area (TPSA) is 55.4 Å². The SMILES string of the molecule is CC(OC(C)(C)C)[Si]1(C2CCCCC2)O[Si](C2CCCCC2)(C(C)OC(C)(C)C)O[Si](C2CCCCC2)(C(C)OC(C)(C)C)O1. The minimum atomic E-state index is -3.09. The summed E-state index contributed by atoms with van der Waals surface area (Å²) in [6, 6.07) is 0. The Morgan fingerprint density at radius 3 is 0.778 bits per heavy atom. The third-order valence-electron chi connectivity index (χ3n) is 10.8. The van der Waals surface area contributed by atoms with Crippen molar-refractivity contribution in [2.45, 2.75) is 230 Å². The molecule has 1 heterocycles. The Hall–Kier alpha value is 0.411. The maximum Gasteiger partial charge on any atom is 0.353 e. The van der Waals surface area contributed by atoms with Crippen LogP contribution in [0.1, 0.15) is 179 Å². The van der Waals surface area contributed by atoms with Gasteiger partial charge in [-0.25, -0.2) is 0 Å². The summed E-state index contributed by atoms with van der Waals surface area (Å²) in [7, 11) is -9.28. The molecule has 1 saturated heterocycles. The van der Waals surface area contributed by atoms with Gasteiger partial charge < -0.3 is 26.6 Å². The van der Waals surface area contributed by atoms with Crippen LogP contribution in [0.5, 0.6) is 0 Å². The lowest BCUT2D eigenvalue weighted by atomic mass is 10.0. The van der Waals surface area contributed by atoms with E-state index in [9.17, 15) is 0 Å². The van der Waals surface area contributed by atoms with Crippen molar-refractivity contribution < 1.29 is 26.6 Å². The van der Waals surface area contributed by atoms with Crippen LogP contribution in [0.2, 0.25) is 16.6 Å². The van der Waals surface area contributed by atoms with Gasteiger partial charge in [-0.3, -0.25) is 0 Å². The summed E-state index contributed by atoms with van der Waals surface area (Å²) in [5.41, 5.74) is -0.0673. The largest absolute Gasteiger partial charge is 0.412 e. The molecule has 4 fully saturated rings. The van der Waals surface area contributed by atoms with Gasteiger partial charge in [-0.2, -0.15) is 0 Å². The van der Waals surface area contributed by atoms with Crippen LogP contribution in [-0.4, -0.2) is 59.7 Å². The van der Waals surface area contributed by atoms with E-state index in [1.807, 2.05) is 0 Å². The first-order chi connectivity index (χ1) is 20.8. The molecule has 3 unspecified atom stereocenters. The average molecular weight is 685 g/mol. The summed E-state index contributed by atoms with van der Waals surface area (Å²) < 4.78 is 45.7. The van der Waals surface area contributed by atoms with E-state index in [1.54, 1.807) is 0 Å². The number of ether oxygens (including phenoxy) is 3. The van der Waals surface area contributed by atoms with Crippen LogP contribution in [0, 0.1) is 0 Å². The molecule has 0 bridgehead atoms. The molecule has 6 nitrogen and oxygen atoms in total. The summed E-state index contributed by atoms with van der Waals surface area (Å²) in [5.74, 6) is 0. The lowest BCUT2D eigenvalue weighted by molar-refractivity contribution is -0.0668. The van der Waals surface area contributed by atoms with Crippen molar-refractivity contribution in [3.63, 3.8) is 0 Å². The second-order valence-corrected chi connectivity index (χ2v) is 29.8. The fourth-order valence-corrected chi connectivity index (χ4v) is 31.9. The summed E-state index contributed by atoms with van der Waals surface area (Å²) in [5, 5.41) is 0. The fraction of sp³-hybridized carbons (Fsp3) is 1.00. The molecular weight excluding hydrogens is 613 g/mol. The standard InChI is InChI=1S/C36H72O6Si3/c1-28(37-34(4,5)6)43(31-22-16-13-17-23-31)40-44(29(2)38-35(7,8)9,32-24-18-14-19-25-32)42-45(41-43,30(3)39-36(10,11)12)33-26-20-15-21-27-33/h28-33H,13-27H2,1-12H3. The number of hydrogen-bond donors (Lipinski definition) is 0. The van der Waals surface area contributed by atoms with E-state index in [2.05, 4.69) is 83.1 Å². The summed E-state index contributed by atoms with van der Waals surface area (Å²) >= 11 is 0. The van der Waals surface area contributed by atoms with Crippen LogP contribution in [0.4, 0.5) is 0 Å². The monoisotopic (exact) mass is 684 g/mol. The minimum Gasteiger partial charge on any atom is -0.412 e. The van der Waals surface area contributed by atoms with E-state index in [1.165, 1.54) is 57.8 Å². The van der Waals surface area contributed by atoms with E-state index in [4.69, 9.17) is 26.6 Å². The van der Waals surface area contributed by atoms with Gasteiger partial charge in [0.15, 0.2) is 0 Å². The highest BCUT2D eigenvalue weighted by Gasteiger charge is 2.74. The zero-order chi connectivity index (χ0) is 33.3. The maximum atomic E-state index is 8.14. The van der Waals surface area contributed by atoms with Gasteiger partial charge >= 0.3 is 25.7 Å². The number of hydrogen-bond acceptors (Lipinski definition) is 6. The van der Waals surface area contributed by atoms with Crippen molar-refractivity contribution in [1.29, 1.82) is 0 Å². The van der Waals surface area contributed by atoms with Gasteiger partial charge in [-0.1, -0.05) is 57.8 Å². The first-order valence-electron chi connectivity index (χ1n) is 19.0. The Kier molecular flexibility index (Phi) is 12.5. The molecule has 45 heavy (non-hydrogen) atoms. The first-order valence-corrected chi connectivity index (χ1v) is 24.9. The molecule has 264 valence electrons.